The van der Waals surface area contributed by atoms with Crippen LogP contribution in [0.2, 0.25) is 0 Å². The topological polar surface area (TPSA) is 54.9 Å². The van der Waals surface area contributed by atoms with Crippen molar-refractivity contribution in [3.05, 3.63) is 59.4 Å². The first-order valence-corrected chi connectivity index (χ1v) is 8.33. The van der Waals surface area contributed by atoms with Crippen LogP contribution in [0.15, 0.2) is 47.5 Å². The van der Waals surface area contributed by atoms with Crippen LogP contribution < -0.4 is 20.1 Å². The molecule has 9 heteroatoms. The molecule has 28 heavy (non-hydrogen) atoms. The lowest BCUT2D eigenvalue weighted by molar-refractivity contribution is -0.0504. The highest BCUT2D eigenvalue weighted by molar-refractivity contribution is 14.0. The molecule has 2 aromatic carbocycles. The second-order valence-electron chi connectivity index (χ2n) is 5.55. The van der Waals surface area contributed by atoms with E-state index in [-0.39, 0.29) is 42.1 Å². The van der Waals surface area contributed by atoms with Gasteiger partial charge in [-0.15, -0.1) is 24.0 Å². The zero-order valence-corrected chi connectivity index (χ0v) is 17.9. The summed E-state index contributed by atoms with van der Waals surface area (Å²) in [4.78, 5) is 4.07. The van der Waals surface area contributed by atoms with Gasteiger partial charge in [-0.25, -0.2) is 4.39 Å². The number of nitrogens with one attached hydrogen (secondary N) is 2. The largest absolute Gasteiger partial charge is 0.497 e. The van der Waals surface area contributed by atoms with E-state index in [1.807, 2.05) is 0 Å². The number of ether oxygens (including phenoxy) is 2. The van der Waals surface area contributed by atoms with Crippen LogP contribution in [-0.2, 0) is 13.0 Å². The van der Waals surface area contributed by atoms with Crippen LogP contribution in [0.1, 0.15) is 11.1 Å². The van der Waals surface area contributed by atoms with Crippen molar-refractivity contribution in [2.45, 2.75) is 19.6 Å². The Hall–Kier alpha value is -2.17. The van der Waals surface area contributed by atoms with Crippen LogP contribution in [0.3, 0.4) is 0 Å². The van der Waals surface area contributed by atoms with Gasteiger partial charge in [0.25, 0.3) is 0 Å². The SMILES string of the molecule is CN=C(NCCc1ccccc1F)NCc1cc(OC)ccc1OC(F)F.I. The summed E-state index contributed by atoms with van der Waals surface area (Å²) < 4.78 is 48.4. The van der Waals surface area contributed by atoms with E-state index in [1.165, 1.54) is 19.2 Å². The van der Waals surface area contributed by atoms with Crippen LogP contribution in [-0.4, -0.2) is 33.3 Å². The molecular weight excluding hydrogens is 486 g/mol. The maximum absolute atomic E-state index is 13.6. The highest BCUT2D eigenvalue weighted by Crippen LogP contribution is 2.25. The van der Waals surface area contributed by atoms with Gasteiger partial charge in [0.05, 0.1) is 7.11 Å². The molecule has 0 aromatic heterocycles. The van der Waals surface area contributed by atoms with E-state index < -0.39 is 6.61 Å². The molecule has 0 spiro atoms. The van der Waals surface area contributed by atoms with Gasteiger partial charge in [-0.05, 0) is 36.2 Å². The predicted molar refractivity (Wildman–Crippen MR) is 113 cm³/mol. The summed E-state index contributed by atoms with van der Waals surface area (Å²) in [6, 6.07) is 11.1. The lowest BCUT2D eigenvalue weighted by atomic mass is 10.1. The standard InChI is InChI=1S/C19H22F3N3O2.HI/c1-23-19(24-10-9-13-5-3-4-6-16(13)20)25-12-14-11-15(26-2)7-8-17(14)27-18(21)22;/h3-8,11,18H,9-10,12H2,1-2H3,(H2,23,24,25);1H. The van der Waals surface area contributed by atoms with Crippen LogP contribution in [0, 0.1) is 5.82 Å². The van der Waals surface area contributed by atoms with Crippen molar-refractivity contribution in [1.82, 2.24) is 10.6 Å². The summed E-state index contributed by atoms with van der Waals surface area (Å²) in [6.07, 6.45) is 0.478. The number of guanidine groups is 1. The molecule has 0 fully saturated rings. The summed E-state index contributed by atoms with van der Waals surface area (Å²) in [6.45, 7) is -2.27. The quantitative estimate of drug-likeness (QED) is 0.322. The van der Waals surface area contributed by atoms with Gasteiger partial charge in [-0.1, -0.05) is 18.2 Å². The van der Waals surface area contributed by atoms with Crippen LogP contribution in [0.5, 0.6) is 11.5 Å². The van der Waals surface area contributed by atoms with Crippen LogP contribution in [0.4, 0.5) is 13.2 Å². The highest BCUT2D eigenvalue weighted by Gasteiger charge is 2.11. The minimum absolute atomic E-state index is 0. The fraction of sp³-hybridized carbons (Fsp3) is 0.316. The molecular formula is C19H23F3IN3O2. The minimum atomic E-state index is -2.92. The van der Waals surface area contributed by atoms with E-state index in [9.17, 15) is 13.2 Å². The Morgan fingerprint density at radius 3 is 2.50 bits per heavy atom. The third-order valence-corrected chi connectivity index (χ3v) is 3.80. The first-order chi connectivity index (χ1) is 13.0. The fourth-order valence-corrected chi connectivity index (χ4v) is 2.45. The van der Waals surface area contributed by atoms with Crippen molar-refractivity contribution in [2.75, 3.05) is 20.7 Å². The molecule has 0 aliphatic rings. The normalized spacial score (nSPS) is 11.0. The maximum atomic E-state index is 13.6. The number of rotatable bonds is 8. The molecule has 0 aliphatic carbocycles. The van der Waals surface area contributed by atoms with Gasteiger partial charge in [-0.3, -0.25) is 4.99 Å². The number of hydrogen-bond acceptors (Lipinski definition) is 3. The number of aliphatic imine (C=N–C) groups is 1. The first kappa shape index (κ1) is 23.9. The van der Waals surface area contributed by atoms with Gasteiger partial charge in [0, 0.05) is 25.7 Å². The number of benzene rings is 2. The Morgan fingerprint density at radius 2 is 1.86 bits per heavy atom. The molecule has 0 amide bonds. The van der Waals surface area contributed by atoms with Crippen molar-refractivity contribution in [2.24, 2.45) is 4.99 Å². The lowest BCUT2D eigenvalue weighted by Crippen LogP contribution is -2.38. The Bertz CT molecular complexity index is 776. The molecule has 0 heterocycles. The van der Waals surface area contributed by atoms with E-state index >= 15 is 0 Å². The smallest absolute Gasteiger partial charge is 0.387 e. The molecule has 0 saturated carbocycles. The van der Waals surface area contributed by atoms with E-state index in [0.717, 1.165) is 0 Å². The van der Waals surface area contributed by atoms with E-state index in [4.69, 9.17) is 4.74 Å². The third kappa shape index (κ3) is 7.45. The van der Waals surface area contributed by atoms with Crippen molar-refractivity contribution in [1.29, 1.82) is 0 Å². The Morgan fingerprint density at radius 1 is 1.11 bits per heavy atom. The number of alkyl halides is 2. The monoisotopic (exact) mass is 509 g/mol. The molecule has 2 rings (SSSR count). The molecule has 2 N–H and O–H groups in total. The van der Waals surface area contributed by atoms with E-state index in [1.54, 1.807) is 37.4 Å². The molecule has 0 aliphatic heterocycles. The van der Waals surface area contributed by atoms with Gasteiger partial charge in [0.15, 0.2) is 5.96 Å². The minimum Gasteiger partial charge on any atom is -0.497 e. The molecule has 154 valence electrons. The van der Waals surface area contributed by atoms with Crippen molar-refractivity contribution >= 4 is 29.9 Å². The first-order valence-electron chi connectivity index (χ1n) is 8.33. The second kappa shape index (κ2) is 12.3. The number of methoxy groups -OCH3 is 1. The average Bonchev–Trinajstić information content (AvgIpc) is 2.66. The highest BCUT2D eigenvalue weighted by atomic mass is 127. The zero-order valence-electron chi connectivity index (χ0n) is 15.5. The van der Waals surface area contributed by atoms with Gasteiger partial charge in [0.1, 0.15) is 17.3 Å². The van der Waals surface area contributed by atoms with Crippen molar-refractivity contribution in [3.8, 4) is 11.5 Å². The molecule has 0 radical (unpaired) electrons. The molecule has 5 nitrogen and oxygen atoms in total. The lowest BCUT2D eigenvalue weighted by Gasteiger charge is -2.15. The zero-order chi connectivity index (χ0) is 19.6. The van der Waals surface area contributed by atoms with Crippen LogP contribution in [0.25, 0.3) is 0 Å². The summed E-state index contributed by atoms with van der Waals surface area (Å²) in [5, 5.41) is 6.07. The van der Waals surface area contributed by atoms with E-state index in [2.05, 4.69) is 20.4 Å². The molecule has 0 saturated heterocycles. The van der Waals surface area contributed by atoms with Gasteiger partial charge in [0.2, 0.25) is 0 Å². The Kier molecular flexibility index (Phi) is 10.5. The number of nitrogens with zero attached hydrogens (tertiary/aromatic N) is 1. The van der Waals surface area contributed by atoms with Crippen molar-refractivity contribution in [3.63, 3.8) is 0 Å². The van der Waals surface area contributed by atoms with Crippen LogP contribution >= 0.6 is 24.0 Å². The van der Waals surface area contributed by atoms with Gasteiger partial charge in [-0.2, -0.15) is 8.78 Å². The molecule has 0 atom stereocenters. The van der Waals surface area contributed by atoms with Crippen molar-refractivity contribution < 1.29 is 22.6 Å². The number of hydrogen-bond donors (Lipinski definition) is 2. The summed E-state index contributed by atoms with van der Waals surface area (Å²) in [7, 11) is 3.07. The molecule has 0 bridgehead atoms. The Balaban J connectivity index is 0.00000392. The van der Waals surface area contributed by atoms with E-state index in [0.29, 0.717) is 35.8 Å². The average molecular weight is 509 g/mol. The molecule has 2 aromatic rings. The van der Waals surface area contributed by atoms with Gasteiger partial charge < -0.3 is 20.1 Å². The third-order valence-electron chi connectivity index (χ3n) is 3.80. The predicted octanol–water partition coefficient (Wildman–Crippen LogP) is 3.96. The number of halogens is 4. The summed E-state index contributed by atoms with van der Waals surface area (Å²) in [5.74, 6) is 0.778. The van der Waals surface area contributed by atoms with Gasteiger partial charge >= 0.3 is 6.61 Å². The second-order valence-corrected chi connectivity index (χ2v) is 5.55. The molecule has 0 unspecified atom stereocenters. The fourth-order valence-electron chi connectivity index (χ4n) is 2.45. The Labute approximate surface area is 179 Å². The summed E-state index contributed by atoms with van der Waals surface area (Å²) >= 11 is 0. The summed E-state index contributed by atoms with van der Waals surface area (Å²) in [5.41, 5.74) is 1.09. The maximum Gasteiger partial charge on any atom is 0.387 e.